The standard InChI is InChI=1S/C21H18N2O4S/c1-2-27-21(26)23-19(25)17-12-13-28-20(17)22-18(24)16-10-8-15(9-11-16)14-6-4-3-5-7-14/h3-13H,2H2,1H3,(H,22,24)(H,23,25,26). The lowest BCUT2D eigenvalue weighted by molar-refractivity contribution is 0.0926. The van der Waals surface area contributed by atoms with E-state index in [1.54, 1.807) is 24.4 Å². The molecule has 3 amide bonds. The monoisotopic (exact) mass is 394 g/mol. The van der Waals surface area contributed by atoms with E-state index >= 15 is 0 Å². The van der Waals surface area contributed by atoms with Gasteiger partial charge in [0.25, 0.3) is 11.8 Å². The Morgan fingerprint density at radius 2 is 1.57 bits per heavy atom. The Labute approximate surface area is 166 Å². The number of rotatable bonds is 5. The third kappa shape index (κ3) is 4.63. The largest absolute Gasteiger partial charge is 0.450 e. The molecule has 2 N–H and O–H groups in total. The molecule has 7 heteroatoms. The number of benzene rings is 2. The highest BCUT2D eigenvalue weighted by molar-refractivity contribution is 7.14. The molecule has 0 radical (unpaired) electrons. The van der Waals surface area contributed by atoms with E-state index in [1.807, 2.05) is 42.5 Å². The predicted octanol–water partition coefficient (Wildman–Crippen LogP) is 4.55. The summed E-state index contributed by atoms with van der Waals surface area (Å²) >= 11 is 1.20. The maximum absolute atomic E-state index is 12.5. The van der Waals surface area contributed by atoms with Gasteiger partial charge in [-0.3, -0.25) is 14.9 Å². The summed E-state index contributed by atoms with van der Waals surface area (Å²) in [7, 11) is 0. The van der Waals surface area contributed by atoms with E-state index in [0.717, 1.165) is 11.1 Å². The minimum Gasteiger partial charge on any atom is -0.450 e. The van der Waals surface area contributed by atoms with Gasteiger partial charge in [0, 0.05) is 5.56 Å². The number of carbonyl (C=O) groups excluding carboxylic acids is 3. The summed E-state index contributed by atoms with van der Waals surface area (Å²) in [5.41, 5.74) is 2.73. The van der Waals surface area contributed by atoms with Crippen molar-refractivity contribution in [2.45, 2.75) is 6.92 Å². The number of hydrogen-bond acceptors (Lipinski definition) is 5. The van der Waals surface area contributed by atoms with Gasteiger partial charge >= 0.3 is 6.09 Å². The first kappa shape index (κ1) is 19.3. The van der Waals surface area contributed by atoms with E-state index in [9.17, 15) is 14.4 Å². The molecule has 3 aromatic rings. The lowest BCUT2D eigenvalue weighted by Gasteiger charge is -2.08. The first-order valence-corrected chi connectivity index (χ1v) is 9.49. The van der Waals surface area contributed by atoms with Crippen molar-refractivity contribution < 1.29 is 19.1 Å². The fraction of sp³-hybridized carbons (Fsp3) is 0.0952. The number of nitrogens with one attached hydrogen (secondary N) is 2. The average molecular weight is 394 g/mol. The SMILES string of the molecule is CCOC(=O)NC(=O)c1ccsc1NC(=O)c1ccc(-c2ccccc2)cc1. The van der Waals surface area contributed by atoms with Gasteiger partial charge in [-0.25, -0.2) is 4.79 Å². The number of hydrogen-bond donors (Lipinski definition) is 2. The Morgan fingerprint density at radius 1 is 0.893 bits per heavy atom. The normalized spacial score (nSPS) is 10.2. The highest BCUT2D eigenvalue weighted by Gasteiger charge is 2.18. The molecular formula is C21H18N2O4S. The van der Waals surface area contributed by atoms with Crippen molar-refractivity contribution in [2.24, 2.45) is 0 Å². The third-order valence-corrected chi connectivity index (χ3v) is 4.71. The van der Waals surface area contributed by atoms with Crippen LogP contribution in [0.25, 0.3) is 11.1 Å². The van der Waals surface area contributed by atoms with Crippen molar-refractivity contribution in [3.05, 3.63) is 77.2 Å². The van der Waals surface area contributed by atoms with Gasteiger partial charge in [-0.1, -0.05) is 42.5 Å². The Kier molecular flexibility index (Phi) is 6.18. The fourth-order valence-electron chi connectivity index (χ4n) is 2.53. The van der Waals surface area contributed by atoms with Crippen LogP contribution in [0, 0.1) is 0 Å². The predicted molar refractivity (Wildman–Crippen MR) is 109 cm³/mol. The van der Waals surface area contributed by atoms with Gasteiger partial charge in [0.05, 0.1) is 12.2 Å². The molecule has 0 bridgehead atoms. The smallest absolute Gasteiger partial charge is 0.414 e. The van der Waals surface area contributed by atoms with Gasteiger partial charge in [-0.2, -0.15) is 0 Å². The van der Waals surface area contributed by atoms with Crippen molar-refractivity contribution in [1.29, 1.82) is 0 Å². The summed E-state index contributed by atoms with van der Waals surface area (Å²) in [5, 5.41) is 6.86. The summed E-state index contributed by atoms with van der Waals surface area (Å²) in [6.45, 7) is 1.80. The van der Waals surface area contributed by atoms with E-state index in [-0.39, 0.29) is 18.1 Å². The van der Waals surface area contributed by atoms with Crippen molar-refractivity contribution in [3.8, 4) is 11.1 Å². The van der Waals surface area contributed by atoms with Crippen LogP contribution in [0.4, 0.5) is 9.80 Å². The molecule has 0 aliphatic carbocycles. The van der Waals surface area contributed by atoms with Crippen LogP contribution in [0.2, 0.25) is 0 Å². The van der Waals surface area contributed by atoms with Crippen LogP contribution in [0.3, 0.4) is 0 Å². The Balaban J connectivity index is 1.69. The molecule has 0 fully saturated rings. The number of ether oxygens (including phenoxy) is 1. The molecule has 0 aliphatic heterocycles. The zero-order valence-electron chi connectivity index (χ0n) is 15.1. The molecule has 28 heavy (non-hydrogen) atoms. The number of alkyl carbamates (subject to hydrolysis) is 1. The highest BCUT2D eigenvalue weighted by atomic mass is 32.1. The van der Waals surface area contributed by atoms with Crippen LogP contribution < -0.4 is 10.6 Å². The molecule has 0 aliphatic rings. The molecule has 1 heterocycles. The lowest BCUT2D eigenvalue weighted by Crippen LogP contribution is -2.31. The first-order valence-electron chi connectivity index (χ1n) is 8.61. The number of carbonyl (C=O) groups is 3. The van der Waals surface area contributed by atoms with Crippen LogP contribution in [-0.2, 0) is 4.74 Å². The second kappa shape index (κ2) is 8.96. The van der Waals surface area contributed by atoms with E-state index in [0.29, 0.717) is 10.6 Å². The second-order valence-electron chi connectivity index (χ2n) is 5.74. The van der Waals surface area contributed by atoms with Crippen LogP contribution >= 0.6 is 11.3 Å². The third-order valence-electron chi connectivity index (χ3n) is 3.88. The summed E-state index contributed by atoms with van der Waals surface area (Å²) < 4.78 is 4.69. The molecular weight excluding hydrogens is 376 g/mol. The number of thiophene rings is 1. The highest BCUT2D eigenvalue weighted by Crippen LogP contribution is 2.25. The van der Waals surface area contributed by atoms with Crippen molar-refractivity contribution >= 4 is 34.2 Å². The van der Waals surface area contributed by atoms with Gasteiger partial charge in [0.15, 0.2) is 0 Å². The van der Waals surface area contributed by atoms with E-state index < -0.39 is 12.0 Å². The molecule has 0 spiro atoms. The van der Waals surface area contributed by atoms with E-state index in [2.05, 4.69) is 10.6 Å². The van der Waals surface area contributed by atoms with Crippen LogP contribution in [0.1, 0.15) is 27.6 Å². The van der Waals surface area contributed by atoms with Gasteiger partial charge in [0.2, 0.25) is 0 Å². The number of anilines is 1. The molecule has 0 atom stereocenters. The molecule has 0 saturated heterocycles. The average Bonchev–Trinajstić information content (AvgIpc) is 3.17. The molecule has 1 aromatic heterocycles. The summed E-state index contributed by atoms with van der Waals surface area (Å²) in [5.74, 6) is -0.971. The topological polar surface area (TPSA) is 84.5 Å². The summed E-state index contributed by atoms with van der Waals surface area (Å²) in [6, 6.07) is 18.6. The van der Waals surface area contributed by atoms with Gasteiger partial charge in [-0.15, -0.1) is 11.3 Å². The molecule has 2 aromatic carbocycles. The van der Waals surface area contributed by atoms with E-state index in [4.69, 9.17) is 4.74 Å². The Hall–Kier alpha value is -3.45. The molecule has 0 unspecified atom stereocenters. The Bertz CT molecular complexity index is 981. The van der Waals surface area contributed by atoms with Gasteiger partial charge < -0.3 is 10.1 Å². The zero-order chi connectivity index (χ0) is 19.9. The minimum absolute atomic E-state index is 0.158. The second-order valence-corrected chi connectivity index (χ2v) is 6.65. The molecule has 6 nitrogen and oxygen atoms in total. The number of amides is 3. The maximum atomic E-state index is 12.5. The quantitative estimate of drug-likeness (QED) is 0.665. The fourth-order valence-corrected chi connectivity index (χ4v) is 3.31. The lowest BCUT2D eigenvalue weighted by atomic mass is 10.0. The van der Waals surface area contributed by atoms with Crippen LogP contribution in [-0.4, -0.2) is 24.5 Å². The number of imide groups is 1. The first-order chi connectivity index (χ1) is 13.6. The van der Waals surface area contributed by atoms with Crippen LogP contribution in [0.5, 0.6) is 0 Å². The summed E-state index contributed by atoms with van der Waals surface area (Å²) in [6.07, 6.45) is -0.826. The van der Waals surface area contributed by atoms with Crippen LogP contribution in [0.15, 0.2) is 66.0 Å². The molecule has 3 rings (SSSR count). The summed E-state index contributed by atoms with van der Waals surface area (Å²) in [4.78, 5) is 36.1. The zero-order valence-corrected chi connectivity index (χ0v) is 15.9. The van der Waals surface area contributed by atoms with Gasteiger partial charge in [0.1, 0.15) is 5.00 Å². The van der Waals surface area contributed by atoms with Crippen molar-refractivity contribution in [2.75, 3.05) is 11.9 Å². The van der Waals surface area contributed by atoms with Crippen molar-refractivity contribution in [1.82, 2.24) is 5.32 Å². The maximum Gasteiger partial charge on any atom is 0.414 e. The van der Waals surface area contributed by atoms with Gasteiger partial charge in [-0.05, 0) is 41.6 Å². The van der Waals surface area contributed by atoms with Crippen molar-refractivity contribution in [3.63, 3.8) is 0 Å². The molecule has 142 valence electrons. The van der Waals surface area contributed by atoms with E-state index in [1.165, 1.54) is 17.4 Å². The molecule has 0 saturated carbocycles. The minimum atomic E-state index is -0.826. The Morgan fingerprint density at radius 3 is 2.25 bits per heavy atom.